The number of carboxylic acid groups (broad SMARTS) is 1. The number of hydrogen-bond donors (Lipinski definition) is 1. The molecule has 0 aromatic carbocycles. The lowest BCUT2D eigenvalue weighted by molar-refractivity contribution is -0.203. The summed E-state index contributed by atoms with van der Waals surface area (Å²) in [5, 5.41) is 8.14. The van der Waals surface area contributed by atoms with Crippen molar-refractivity contribution < 1.29 is 29.1 Å². The lowest BCUT2D eigenvalue weighted by Gasteiger charge is -2.13. The number of aliphatic carboxylic acids is 1. The molecular weight excluding hydrogens is 182 g/mol. The molecule has 0 heterocycles. The van der Waals surface area contributed by atoms with E-state index in [1.807, 2.05) is 0 Å². The molecule has 0 aromatic heterocycles. The second-order valence-corrected chi connectivity index (χ2v) is 2.02. The Kier molecular flexibility index (Phi) is 3.57. The van der Waals surface area contributed by atoms with Crippen LogP contribution in [0.5, 0.6) is 0 Å². The molecule has 0 saturated heterocycles. The molecule has 0 radical (unpaired) electrons. The number of carbonyl (C=O) groups excluding carboxylic acids is 3. The zero-order chi connectivity index (χ0) is 10.6. The number of imide groups is 1. The number of rotatable bonds is 0. The predicted octanol–water partition coefficient (Wildman–Crippen LogP) is -1.08. The van der Waals surface area contributed by atoms with Gasteiger partial charge in [-0.15, -0.1) is 5.06 Å². The first-order valence-corrected chi connectivity index (χ1v) is 3.12. The third kappa shape index (κ3) is 3.32. The van der Waals surface area contributed by atoms with Crippen LogP contribution in [-0.4, -0.2) is 33.9 Å². The average molecular weight is 189 g/mol. The second kappa shape index (κ2) is 4.19. The Hall–Kier alpha value is -1.92. The molecule has 7 nitrogen and oxygen atoms in total. The third-order valence-electron chi connectivity index (χ3n) is 0.921. The Morgan fingerprint density at radius 1 is 1.08 bits per heavy atom. The maximum atomic E-state index is 10.6. The van der Waals surface area contributed by atoms with Crippen LogP contribution < -0.4 is 0 Å². The highest BCUT2D eigenvalue weighted by molar-refractivity contribution is 6.28. The van der Waals surface area contributed by atoms with Crippen LogP contribution >= 0.6 is 0 Å². The van der Waals surface area contributed by atoms with Gasteiger partial charge in [0.1, 0.15) is 0 Å². The summed E-state index contributed by atoms with van der Waals surface area (Å²) in [5.74, 6) is -5.32. The number of carbonyl (C=O) groups is 4. The summed E-state index contributed by atoms with van der Waals surface area (Å²) >= 11 is 0. The fraction of sp³-hybridized carbons (Fsp3) is 0.333. The predicted molar refractivity (Wildman–Crippen MR) is 36.9 cm³/mol. The smallest absolute Gasteiger partial charge is 0.441 e. The van der Waals surface area contributed by atoms with Crippen LogP contribution in [0.25, 0.3) is 0 Å². The van der Waals surface area contributed by atoms with E-state index >= 15 is 0 Å². The highest BCUT2D eigenvalue weighted by Crippen LogP contribution is 1.93. The van der Waals surface area contributed by atoms with Gasteiger partial charge < -0.3 is 9.94 Å². The first-order valence-electron chi connectivity index (χ1n) is 3.12. The summed E-state index contributed by atoms with van der Waals surface area (Å²) in [5.41, 5.74) is 0. The van der Waals surface area contributed by atoms with E-state index in [-0.39, 0.29) is 5.06 Å². The molecule has 0 fully saturated rings. The Labute approximate surface area is 72.8 Å². The van der Waals surface area contributed by atoms with Gasteiger partial charge in [0, 0.05) is 13.8 Å². The summed E-state index contributed by atoms with van der Waals surface area (Å²) in [6.45, 7) is 1.91. The number of carboxylic acids is 1. The molecule has 0 aliphatic heterocycles. The minimum Gasteiger partial charge on any atom is -0.473 e. The van der Waals surface area contributed by atoms with Gasteiger partial charge in [-0.1, -0.05) is 0 Å². The summed E-state index contributed by atoms with van der Waals surface area (Å²) in [7, 11) is 0. The van der Waals surface area contributed by atoms with Gasteiger partial charge in [-0.2, -0.15) is 0 Å². The van der Waals surface area contributed by atoms with E-state index in [1.54, 1.807) is 0 Å². The molecule has 0 atom stereocenters. The van der Waals surface area contributed by atoms with Crippen LogP contribution in [0.3, 0.4) is 0 Å². The number of hydroxylamine groups is 2. The molecule has 0 bridgehead atoms. The van der Waals surface area contributed by atoms with Crippen LogP contribution in [-0.2, 0) is 24.0 Å². The Morgan fingerprint density at radius 2 is 1.46 bits per heavy atom. The van der Waals surface area contributed by atoms with Crippen molar-refractivity contribution in [1.29, 1.82) is 0 Å². The van der Waals surface area contributed by atoms with E-state index < -0.39 is 23.8 Å². The number of nitrogens with zero attached hydrogens (tertiary/aromatic N) is 1. The van der Waals surface area contributed by atoms with E-state index in [0.717, 1.165) is 13.8 Å². The molecule has 0 rings (SSSR count). The van der Waals surface area contributed by atoms with Crippen molar-refractivity contribution in [2.24, 2.45) is 0 Å². The normalized spacial score (nSPS) is 8.77. The molecule has 0 aromatic rings. The summed E-state index contributed by atoms with van der Waals surface area (Å²) in [6.07, 6.45) is 0. The van der Waals surface area contributed by atoms with Crippen LogP contribution in [0.15, 0.2) is 0 Å². The van der Waals surface area contributed by atoms with Gasteiger partial charge in [-0.05, 0) is 0 Å². The number of hydrogen-bond acceptors (Lipinski definition) is 5. The molecule has 2 amide bonds. The van der Waals surface area contributed by atoms with Crippen molar-refractivity contribution in [1.82, 2.24) is 5.06 Å². The number of amides is 2. The second-order valence-electron chi connectivity index (χ2n) is 2.02. The molecule has 1 N–H and O–H groups in total. The first kappa shape index (κ1) is 11.1. The Bertz CT molecular complexity index is 256. The molecule has 0 spiro atoms. The van der Waals surface area contributed by atoms with E-state index in [1.165, 1.54) is 0 Å². The molecule has 0 saturated carbocycles. The van der Waals surface area contributed by atoms with Crippen molar-refractivity contribution in [2.45, 2.75) is 13.8 Å². The topological polar surface area (TPSA) is 101 Å². The molecule has 0 aliphatic carbocycles. The molecular formula is C6H7NO6. The highest BCUT2D eigenvalue weighted by Gasteiger charge is 2.23. The van der Waals surface area contributed by atoms with Crippen LogP contribution in [0, 0.1) is 0 Å². The van der Waals surface area contributed by atoms with Gasteiger partial charge in [-0.3, -0.25) is 9.59 Å². The van der Waals surface area contributed by atoms with Crippen LogP contribution in [0.4, 0.5) is 0 Å². The lowest BCUT2D eigenvalue weighted by Crippen LogP contribution is -2.37. The van der Waals surface area contributed by atoms with Gasteiger partial charge in [0.05, 0.1) is 0 Å². The lowest BCUT2D eigenvalue weighted by atomic mass is 10.6. The summed E-state index contributed by atoms with van der Waals surface area (Å²) in [4.78, 5) is 45.4. The summed E-state index contributed by atoms with van der Waals surface area (Å²) in [6, 6.07) is 0. The molecule has 13 heavy (non-hydrogen) atoms. The minimum atomic E-state index is -1.88. The molecule has 0 unspecified atom stereocenters. The van der Waals surface area contributed by atoms with Crippen molar-refractivity contribution in [3.05, 3.63) is 0 Å². The first-order chi connectivity index (χ1) is 5.86. The maximum Gasteiger partial charge on any atom is 0.441 e. The Morgan fingerprint density at radius 3 is 1.69 bits per heavy atom. The van der Waals surface area contributed by atoms with Gasteiger partial charge in [0.2, 0.25) is 0 Å². The highest BCUT2D eigenvalue weighted by atomic mass is 16.7. The van der Waals surface area contributed by atoms with E-state index in [9.17, 15) is 19.2 Å². The average Bonchev–Trinajstić information content (AvgIpc) is 1.97. The van der Waals surface area contributed by atoms with Crippen molar-refractivity contribution in [3.8, 4) is 0 Å². The molecule has 0 aliphatic rings. The Balaban J connectivity index is 4.45. The van der Waals surface area contributed by atoms with Gasteiger partial charge in [0.25, 0.3) is 11.8 Å². The van der Waals surface area contributed by atoms with Gasteiger partial charge >= 0.3 is 11.9 Å². The van der Waals surface area contributed by atoms with Crippen molar-refractivity contribution in [2.75, 3.05) is 0 Å². The zero-order valence-corrected chi connectivity index (χ0v) is 6.94. The van der Waals surface area contributed by atoms with E-state index in [2.05, 4.69) is 4.84 Å². The zero-order valence-electron chi connectivity index (χ0n) is 6.94. The van der Waals surface area contributed by atoms with Crippen molar-refractivity contribution in [3.63, 3.8) is 0 Å². The monoisotopic (exact) mass is 189 g/mol. The van der Waals surface area contributed by atoms with Gasteiger partial charge in [-0.25, -0.2) is 9.59 Å². The fourth-order valence-corrected chi connectivity index (χ4v) is 0.472. The molecule has 7 heteroatoms. The van der Waals surface area contributed by atoms with Crippen molar-refractivity contribution >= 4 is 23.8 Å². The largest absolute Gasteiger partial charge is 0.473 e. The maximum absolute atomic E-state index is 10.6. The SMILES string of the molecule is CC(=O)N(OC(=O)C(=O)O)C(C)=O. The van der Waals surface area contributed by atoms with Crippen LogP contribution in [0.2, 0.25) is 0 Å². The standard InChI is InChI=1S/C6H7NO6/c1-3(8)7(4(2)9)13-6(12)5(10)11/h1-2H3,(H,10,11). The van der Waals surface area contributed by atoms with Gasteiger partial charge in [0.15, 0.2) is 0 Å². The fourth-order valence-electron chi connectivity index (χ4n) is 0.472. The molecule has 72 valence electrons. The van der Waals surface area contributed by atoms with Crippen LogP contribution in [0.1, 0.15) is 13.8 Å². The van der Waals surface area contributed by atoms with E-state index in [0.29, 0.717) is 0 Å². The van der Waals surface area contributed by atoms with E-state index in [4.69, 9.17) is 5.11 Å². The quantitative estimate of drug-likeness (QED) is 0.384. The third-order valence-corrected chi connectivity index (χ3v) is 0.921. The minimum absolute atomic E-state index is 0.0659. The summed E-state index contributed by atoms with van der Waals surface area (Å²) < 4.78 is 0.